The molecule has 3 aliphatic rings. The van der Waals surface area contributed by atoms with Crippen molar-refractivity contribution < 1.29 is 13.7 Å². The fourth-order valence-corrected chi connectivity index (χ4v) is 6.17. The second-order valence-electron chi connectivity index (χ2n) is 9.42. The highest BCUT2D eigenvalue weighted by atomic mass is 32.2. The van der Waals surface area contributed by atoms with Crippen molar-refractivity contribution in [1.29, 1.82) is 5.26 Å². The number of hydrogen-bond donors (Lipinski definition) is 2. The molecule has 0 saturated carbocycles. The summed E-state index contributed by atoms with van der Waals surface area (Å²) in [7, 11) is -3.61. The zero-order valence-electron chi connectivity index (χ0n) is 18.2. The quantitative estimate of drug-likeness (QED) is 0.544. The van der Waals surface area contributed by atoms with Crippen molar-refractivity contribution in [2.75, 3.05) is 11.9 Å². The molecule has 0 saturated heterocycles. The monoisotopic (exact) mass is 454 g/mol. The highest BCUT2D eigenvalue weighted by molar-refractivity contribution is 7.92. The normalized spacial score (nSPS) is 19.5. The average Bonchev–Trinajstić information content (AvgIpc) is 3.45. The molecule has 0 unspecified atom stereocenters. The molecule has 1 aliphatic heterocycles. The molecule has 0 radical (unpaired) electrons. The molecular weight excluding hydrogens is 428 g/mol. The largest absolute Gasteiger partial charge is 0.476 e. The van der Waals surface area contributed by atoms with E-state index in [0.29, 0.717) is 13.2 Å². The number of nitrogens with one attached hydrogen (secondary N) is 2. The van der Waals surface area contributed by atoms with E-state index < -0.39 is 15.9 Å². The van der Waals surface area contributed by atoms with Crippen molar-refractivity contribution in [3.05, 3.63) is 34.5 Å². The summed E-state index contributed by atoms with van der Waals surface area (Å²) < 4.78 is 27.2. The van der Waals surface area contributed by atoms with Crippen molar-refractivity contribution in [3.63, 3.8) is 0 Å². The summed E-state index contributed by atoms with van der Waals surface area (Å²) in [4.78, 5) is 13.1. The number of benzene rings is 1. The number of fused-ring (bicyclic) bond motifs is 3. The van der Waals surface area contributed by atoms with Crippen LogP contribution in [0.15, 0.2) is 21.5 Å². The van der Waals surface area contributed by atoms with E-state index >= 15 is 0 Å². The van der Waals surface area contributed by atoms with Gasteiger partial charge >= 0.3 is 6.03 Å². The molecule has 0 bridgehead atoms. The van der Waals surface area contributed by atoms with Crippen LogP contribution in [0.3, 0.4) is 0 Å². The van der Waals surface area contributed by atoms with Crippen LogP contribution in [0.25, 0.3) is 0 Å². The number of amides is 2. The van der Waals surface area contributed by atoms with Gasteiger partial charge < -0.3 is 10.1 Å². The highest BCUT2D eigenvalue weighted by Crippen LogP contribution is 2.39. The van der Waals surface area contributed by atoms with Crippen LogP contribution in [-0.4, -0.2) is 26.6 Å². The maximum Gasteiger partial charge on any atom is 0.355 e. The molecule has 2 aliphatic carbocycles. The number of urea groups is 1. The number of hydrogen-bond acceptors (Lipinski definition) is 5. The Bertz CT molecular complexity index is 1250. The molecule has 168 valence electrons. The summed E-state index contributed by atoms with van der Waals surface area (Å²) in [6.45, 7) is 5.05. The zero-order chi connectivity index (χ0) is 22.5. The Kier molecular flexibility index (Phi) is 4.89. The van der Waals surface area contributed by atoms with E-state index in [1.165, 1.54) is 17.3 Å². The number of aryl methyl sites for hydroxylation is 2. The van der Waals surface area contributed by atoms with Gasteiger partial charge in [0.2, 0.25) is 5.88 Å². The Labute approximate surface area is 187 Å². The van der Waals surface area contributed by atoms with Crippen LogP contribution in [0.1, 0.15) is 48.9 Å². The van der Waals surface area contributed by atoms with Gasteiger partial charge in [0.15, 0.2) is 21.0 Å². The molecule has 1 atom stereocenters. The molecule has 2 N–H and O–H groups in total. The molecule has 2 amide bonds. The summed E-state index contributed by atoms with van der Waals surface area (Å²) in [5.41, 5.74) is 5.54. The van der Waals surface area contributed by atoms with Crippen LogP contribution in [-0.2, 0) is 42.1 Å². The summed E-state index contributed by atoms with van der Waals surface area (Å²) in [6, 6.07) is 1.53. The van der Waals surface area contributed by atoms with Gasteiger partial charge in [-0.3, -0.25) is 0 Å². The molecule has 0 spiro atoms. The molecule has 1 aromatic carbocycles. The fraction of sp³-hybridized carbons (Fsp3) is 0.500. The van der Waals surface area contributed by atoms with E-state index in [2.05, 4.69) is 25.6 Å². The first-order valence-electron chi connectivity index (χ1n) is 10.9. The van der Waals surface area contributed by atoms with Crippen molar-refractivity contribution in [1.82, 2.24) is 14.5 Å². The van der Waals surface area contributed by atoms with Crippen molar-refractivity contribution in [2.24, 2.45) is 9.78 Å². The molecule has 1 aromatic heterocycles. The number of carbonyl (C=O) groups excluding carboxylic acids is 1. The Hall–Kier alpha value is -3.06. The lowest BCUT2D eigenvalue weighted by Crippen LogP contribution is -2.33. The molecule has 10 heteroatoms. The third-order valence-electron chi connectivity index (χ3n) is 6.34. The Balaban J connectivity index is 1.52. The van der Waals surface area contributed by atoms with Gasteiger partial charge in [0.1, 0.15) is 0 Å². The molecule has 0 fully saturated rings. The third-order valence-corrected chi connectivity index (χ3v) is 8.00. The Morgan fingerprint density at radius 2 is 1.94 bits per heavy atom. The molecule has 9 nitrogen and oxygen atoms in total. The maximum absolute atomic E-state index is 13.7. The average molecular weight is 455 g/mol. The maximum atomic E-state index is 13.7. The third kappa shape index (κ3) is 3.50. The van der Waals surface area contributed by atoms with Crippen molar-refractivity contribution in [3.8, 4) is 12.1 Å². The van der Waals surface area contributed by atoms with E-state index in [-0.39, 0.29) is 16.2 Å². The standard InChI is InChI=1S/C22H26N6O3S/c1-22(2)11-28-20(31-12-22)18(10-24-28)32(30,25-13-23)27-21(29)26-19-16-7-3-5-14(16)9-15-6-4-8-17(15)19/h9-10H,3-8,11-12H2,1-2H3,(H2,25,26,27,29,30)/t32-/m1/s1. The van der Waals surface area contributed by atoms with Gasteiger partial charge in [0.25, 0.3) is 0 Å². The lowest BCUT2D eigenvalue weighted by molar-refractivity contribution is 0.0971. The number of carbonyl (C=O) groups is 1. The van der Waals surface area contributed by atoms with E-state index in [4.69, 9.17) is 4.74 Å². The van der Waals surface area contributed by atoms with E-state index in [0.717, 1.165) is 55.3 Å². The zero-order valence-corrected chi connectivity index (χ0v) is 19.0. The van der Waals surface area contributed by atoms with Crippen LogP contribution < -0.4 is 14.8 Å². The molecule has 32 heavy (non-hydrogen) atoms. The molecule has 2 aromatic rings. The molecule has 5 rings (SSSR count). The van der Waals surface area contributed by atoms with Crippen LogP contribution in [0, 0.1) is 16.9 Å². The SMILES string of the molecule is CC1(C)COc2c([S@](=O)(=NC(=O)Nc3c4c(cc5c3CCC5)CCC4)NC#N)cnn2C1. The first kappa shape index (κ1) is 20.8. The highest BCUT2D eigenvalue weighted by Gasteiger charge is 2.33. The number of rotatable bonds is 3. The van der Waals surface area contributed by atoms with Gasteiger partial charge in [0, 0.05) is 11.1 Å². The summed E-state index contributed by atoms with van der Waals surface area (Å²) >= 11 is 0. The number of nitriles is 1. The second-order valence-corrected chi connectivity index (χ2v) is 11.3. The number of anilines is 1. The summed E-state index contributed by atoms with van der Waals surface area (Å²) in [6.07, 6.45) is 8.98. The van der Waals surface area contributed by atoms with E-state index in [1.807, 2.05) is 13.8 Å². The second kappa shape index (κ2) is 7.52. The minimum absolute atomic E-state index is 0.105. The number of nitrogens with zero attached hydrogens (tertiary/aromatic N) is 4. The van der Waals surface area contributed by atoms with E-state index in [9.17, 15) is 14.3 Å². The van der Waals surface area contributed by atoms with Gasteiger partial charge in [-0.05, 0) is 60.8 Å². The predicted octanol–water partition coefficient (Wildman–Crippen LogP) is 3.32. The van der Waals surface area contributed by atoms with Crippen molar-refractivity contribution in [2.45, 2.75) is 63.8 Å². The molecule has 2 heterocycles. The van der Waals surface area contributed by atoms with E-state index in [1.54, 1.807) is 10.9 Å². The first-order chi connectivity index (χ1) is 15.3. The minimum Gasteiger partial charge on any atom is -0.476 e. The Morgan fingerprint density at radius 1 is 1.25 bits per heavy atom. The van der Waals surface area contributed by atoms with Gasteiger partial charge in [0.05, 0.1) is 19.3 Å². The smallest absolute Gasteiger partial charge is 0.355 e. The first-order valence-corrected chi connectivity index (χ1v) is 12.4. The predicted molar refractivity (Wildman–Crippen MR) is 119 cm³/mol. The van der Waals surface area contributed by atoms with Crippen LogP contribution >= 0.6 is 0 Å². The van der Waals surface area contributed by atoms with Crippen molar-refractivity contribution >= 4 is 21.6 Å². The summed E-state index contributed by atoms with van der Waals surface area (Å²) in [5, 5.41) is 16.4. The van der Waals surface area contributed by atoms with Crippen LogP contribution in [0.5, 0.6) is 5.88 Å². The summed E-state index contributed by atoms with van der Waals surface area (Å²) in [5.74, 6) is 0.273. The minimum atomic E-state index is -3.61. The number of ether oxygens (including phenoxy) is 1. The fourth-order valence-electron chi connectivity index (χ4n) is 4.92. The topological polar surface area (TPSA) is 121 Å². The lowest BCUT2D eigenvalue weighted by Gasteiger charge is -2.30. The van der Waals surface area contributed by atoms with Gasteiger partial charge in [-0.15, -0.1) is 4.36 Å². The lowest BCUT2D eigenvalue weighted by atomic mass is 9.94. The van der Waals surface area contributed by atoms with Crippen LogP contribution in [0.2, 0.25) is 0 Å². The number of aromatic nitrogens is 2. The van der Waals surface area contributed by atoms with Gasteiger partial charge in [-0.1, -0.05) is 19.9 Å². The van der Waals surface area contributed by atoms with Gasteiger partial charge in [-0.2, -0.15) is 10.4 Å². The molecular formula is C22H26N6O3S. The Morgan fingerprint density at radius 3 is 2.59 bits per heavy atom. The van der Waals surface area contributed by atoms with Gasteiger partial charge in [-0.25, -0.2) is 18.4 Å². The van der Waals surface area contributed by atoms with Crippen LogP contribution in [0.4, 0.5) is 10.5 Å².